The smallest absolute Gasteiger partial charge is 0.323 e. The van der Waals surface area contributed by atoms with Crippen molar-refractivity contribution in [3.8, 4) is 11.5 Å². The Morgan fingerprint density at radius 2 is 1.55 bits per heavy atom. The molecule has 1 saturated heterocycles. The van der Waals surface area contributed by atoms with Gasteiger partial charge in [-0.1, -0.05) is 30.3 Å². The van der Waals surface area contributed by atoms with Gasteiger partial charge in [0.1, 0.15) is 11.5 Å². The normalized spacial score (nSPS) is 14.7. The topological polar surface area (TPSA) is 126 Å². The number of amides is 4. The van der Waals surface area contributed by atoms with Crippen LogP contribution in [0.5, 0.6) is 11.5 Å². The van der Waals surface area contributed by atoms with Gasteiger partial charge in [-0.05, 0) is 53.6 Å². The molecule has 1 aliphatic heterocycles. The highest BCUT2D eigenvalue weighted by Crippen LogP contribution is 2.23. The van der Waals surface area contributed by atoms with E-state index in [-0.39, 0.29) is 25.5 Å². The number of hydrogen-bond donors (Lipinski definition) is 3. The molecule has 0 saturated carbocycles. The molecule has 38 heavy (non-hydrogen) atoms. The Morgan fingerprint density at radius 3 is 2.26 bits per heavy atom. The van der Waals surface area contributed by atoms with E-state index in [1.165, 1.54) is 16.9 Å². The molecule has 0 aromatic heterocycles. The van der Waals surface area contributed by atoms with Gasteiger partial charge in [0, 0.05) is 37.4 Å². The highest BCUT2D eigenvalue weighted by molar-refractivity contribution is 6.00. The zero-order valence-electron chi connectivity index (χ0n) is 21.3. The van der Waals surface area contributed by atoms with Crippen molar-refractivity contribution < 1.29 is 23.9 Å². The summed E-state index contributed by atoms with van der Waals surface area (Å²) in [6.07, 6.45) is -1.15. The summed E-state index contributed by atoms with van der Waals surface area (Å²) in [5.41, 5.74) is 8.42. The van der Waals surface area contributed by atoms with Crippen LogP contribution in [-0.2, 0) is 17.9 Å². The molecule has 4 rings (SSSR count). The van der Waals surface area contributed by atoms with Crippen LogP contribution in [0.25, 0.3) is 0 Å². The van der Waals surface area contributed by atoms with Gasteiger partial charge in [-0.3, -0.25) is 14.5 Å². The molecule has 3 aromatic carbocycles. The molecule has 0 spiro atoms. The van der Waals surface area contributed by atoms with Crippen LogP contribution in [0.4, 0.5) is 10.5 Å². The predicted octanol–water partition coefficient (Wildman–Crippen LogP) is 2.79. The lowest BCUT2D eigenvalue weighted by Crippen LogP contribution is -2.54. The van der Waals surface area contributed by atoms with E-state index in [1.54, 1.807) is 55.6 Å². The quantitative estimate of drug-likeness (QED) is 0.422. The van der Waals surface area contributed by atoms with Gasteiger partial charge in [0.25, 0.3) is 11.8 Å². The predicted molar refractivity (Wildman–Crippen MR) is 143 cm³/mol. The number of anilines is 1. The van der Waals surface area contributed by atoms with E-state index in [1.807, 2.05) is 24.3 Å². The number of carbonyl (C=O) groups is 3. The standard InChI is InChI=1S/C28H31N5O5/c1-37-23-11-9-22(10-12-23)31-28(36)33-14-13-32(27(35)21-7-4-8-24(16-21)38-2)26(33)25(34)30-18-20-6-3-5-19(15-20)17-29/h3-12,15-16,26H,13-14,17-18,29H2,1-2H3,(H,30,34)(H,31,36). The third-order valence-corrected chi connectivity index (χ3v) is 6.28. The van der Waals surface area contributed by atoms with Crippen molar-refractivity contribution in [3.05, 3.63) is 89.5 Å². The van der Waals surface area contributed by atoms with Crippen molar-refractivity contribution >= 4 is 23.5 Å². The number of urea groups is 1. The summed E-state index contributed by atoms with van der Waals surface area (Å²) in [7, 11) is 3.07. The first-order valence-electron chi connectivity index (χ1n) is 12.2. The summed E-state index contributed by atoms with van der Waals surface area (Å²) < 4.78 is 10.4. The molecule has 3 aromatic rings. The van der Waals surface area contributed by atoms with Crippen LogP contribution in [0.3, 0.4) is 0 Å². The molecule has 4 N–H and O–H groups in total. The summed E-state index contributed by atoms with van der Waals surface area (Å²) in [5.74, 6) is 0.316. The molecule has 4 amide bonds. The summed E-state index contributed by atoms with van der Waals surface area (Å²) in [5, 5.41) is 5.68. The molecular formula is C28H31N5O5. The summed E-state index contributed by atoms with van der Waals surface area (Å²) >= 11 is 0. The molecule has 10 nitrogen and oxygen atoms in total. The van der Waals surface area contributed by atoms with Crippen LogP contribution in [0.2, 0.25) is 0 Å². The van der Waals surface area contributed by atoms with Gasteiger partial charge in [0.2, 0.25) is 0 Å². The average molecular weight is 518 g/mol. The second-order valence-corrected chi connectivity index (χ2v) is 8.70. The van der Waals surface area contributed by atoms with Crippen molar-refractivity contribution in [1.29, 1.82) is 0 Å². The number of carbonyl (C=O) groups excluding carboxylic acids is 3. The van der Waals surface area contributed by atoms with E-state index in [0.717, 1.165) is 11.1 Å². The lowest BCUT2D eigenvalue weighted by atomic mass is 10.1. The third kappa shape index (κ3) is 6.04. The Labute approximate surface area is 221 Å². The van der Waals surface area contributed by atoms with Crippen LogP contribution in [0, 0.1) is 0 Å². The fraction of sp³-hybridized carbons (Fsp3) is 0.250. The highest BCUT2D eigenvalue weighted by atomic mass is 16.5. The minimum atomic E-state index is -1.15. The maximum atomic E-state index is 13.5. The van der Waals surface area contributed by atoms with Crippen molar-refractivity contribution in [2.24, 2.45) is 5.73 Å². The molecule has 0 radical (unpaired) electrons. The fourth-order valence-electron chi connectivity index (χ4n) is 4.28. The van der Waals surface area contributed by atoms with E-state index in [2.05, 4.69) is 10.6 Å². The molecule has 1 atom stereocenters. The number of nitrogens with zero attached hydrogens (tertiary/aromatic N) is 2. The minimum Gasteiger partial charge on any atom is -0.497 e. The molecular weight excluding hydrogens is 486 g/mol. The molecule has 1 heterocycles. The van der Waals surface area contributed by atoms with Gasteiger partial charge in [0.05, 0.1) is 14.2 Å². The Balaban J connectivity index is 1.56. The third-order valence-electron chi connectivity index (χ3n) is 6.28. The van der Waals surface area contributed by atoms with Crippen molar-refractivity contribution in [2.75, 3.05) is 32.6 Å². The maximum Gasteiger partial charge on any atom is 0.323 e. The van der Waals surface area contributed by atoms with Crippen molar-refractivity contribution in [1.82, 2.24) is 15.1 Å². The van der Waals surface area contributed by atoms with Crippen molar-refractivity contribution in [2.45, 2.75) is 19.3 Å². The second-order valence-electron chi connectivity index (χ2n) is 8.70. The molecule has 198 valence electrons. The monoisotopic (exact) mass is 517 g/mol. The molecule has 1 unspecified atom stereocenters. The molecule has 0 bridgehead atoms. The number of ether oxygens (including phenoxy) is 2. The summed E-state index contributed by atoms with van der Waals surface area (Å²) in [6.45, 7) is 0.968. The number of nitrogens with one attached hydrogen (secondary N) is 2. The van der Waals surface area contributed by atoms with Gasteiger partial charge in [-0.15, -0.1) is 0 Å². The number of rotatable bonds is 8. The first-order chi connectivity index (χ1) is 18.4. The number of benzene rings is 3. The second kappa shape index (κ2) is 12.1. The Bertz CT molecular complexity index is 1300. The first-order valence-corrected chi connectivity index (χ1v) is 12.2. The number of hydrogen-bond acceptors (Lipinski definition) is 6. The zero-order valence-corrected chi connectivity index (χ0v) is 21.3. The maximum absolute atomic E-state index is 13.5. The van der Waals surface area contributed by atoms with E-state index in [9.17, 15) is 14.4 Å². The van der Waals surface area contributed by atoms with Crippen LogP contribution >= 0.6 is 0 Å². The SMILES string of the molecule is COc1ccc(NC(=O)N2CCN(C(=O)c3cccc(OC)c3)C2C(=O)NCc2cccc(CN)c2)cc1. The van der Waals surface area contributed by atoms with E-state index >= 15 is 0 Å². The summed E-state index contributed by atoms with van der Waals surface area (Å²) in [6, 6.07) is 20.6. The first kappa shape index (κ1) is 26.5. The summed E-state index contributed by atoms with van der Waals surface area (Å²) in [4.78, 5) is 43.0. The van der Waals surface area contributed by atoms with E-state index < -0.39 is 18.1 Å². The molecule has 10 heteroatoms. The highest BCUT2D eigenvalue weighted by Gasteiger charge is 2.43. The molecule has 1 aliphatic rings. The van der Waals surface area contributed by atoms with Crippen LogP contribution < -0.4 is 25.8 Å². The van der Waals surface area contributed by atoms with Crippen LogP contribution in [0.15, 0.2) is 72.8 Å². The number of nitrogens with two attached hydrogens (primary N) is 1. The molecule has 0 aliphatic carbocycles. The average Bonchev–Trinajstić information content (AvgIpc) is 3.41. The lowest BCUT2D eigenvalue weighted by molar-refractivity contribution is -0.128. The Hall–Kier alpha value is -4.57. The van der Waals surface area contributed by atoms with E-state index in [0.29, 0.717) is 29.3 Å². The Kier molecular flexibility index (Phi) is 8.44. The van der Waals surface area contributed by atoms with Crippen molar-refractivity contribution in [3.63, 3.8) is 0 Å². The van der Waals surface area contributed by atoms with Gasteiger partial charge in [0.15, 0.2) is 6.17 Å². The largest absolute Gasteiger partial charge is 0.497 e. The minimum absolute atomic E-state index is 0.179. The van der Waals surface area contributed by atoms with Crippen LogP contribution in [-0.4, -0.2) is 61.1 Å². The van der Waals surface area contributed by atoms with Gasteiger partial charge >= 0.3 is 6.03 Å². The van der Waals surface area contributed by atoms with Gasteiger partial charge < -0.3 is 30.7 Å². The van der Waals surface area contributed by atoms with E-state index in [4.69, 9.17) is 15.2 Å². The Morgan fingerprint density at radius 1 is 0.868 bits per heavy atom. The molecule has 1 fully saturated rings. The number of methoxy groups -OCH3 is 2. The van der Waals surface area contributed by atoms with Gasteiger partial charge in [-0.2, -0.15) is 0 Å². The zero-order chi connectivity index (χ0) is 27.1. The van der Waals surface area contributed by atoms with Gasteiger partial charge in [-0.25, -0.2) is 4.79 Å². The van der Waals surface area contributed by atoms with Crippen LogP contribution in [0.1, 0.15) is 21.5 Å². The lowest BCUT2D eigenvalue weighted by Gasteiger charge is -2.29. The fourth-order valence-corrected chi connectivity index (χ4v) is 4.28.